The van der Waals surface area contributed by atoms with Crippen LogP contribution in [0.25, 0.3) is 0 Å². The summed E-state index contributed by atoms with van der Waals surface area (Å²) in [5.74, 6) is 0. The number of ether oxygens (including phenoxy) is 1. The number of carbonyl (C=O) groups excluding carboxylic acids is 1. The first-order valence-electron chi connectivity index (χ1n) is 8.12. The lowest BCUT2D eigenvalue weighted by molar-refractivity contribution is 0.0636. The zero-order valence-corrected chi connectivity index (χ0v) is 15.6. The molecule has 2 aromatic rings. The van der Waals surface area contributed by atoms with E-state index in [-0.39, 0.29) is 0 Å². The number of rotatable bonds is 4. The molecule has 7 heteroatoms. The standard InChI is InChI=1S/C18H26N4O3/c1-17(2,3)25-16(24)21-13-7-8-14(19-10-13)15(23)18(4,5)12-9-20-22(6)11-12/h7-11,15,23H,1-6H3,(H,21,24). The molecule has 2 rings (SSSR count). The highest BCUT2D eigenvalue weighted by Gasteiger charge is 2.33. The molecule has 0 radical (unpaired) electrons. The summed E-state index contributed by atoms with van der Waals surface area (Å²) < 4.78 is 6.90. The SMILES string of the molecule is Cn1cc(C(C)(C)C(O)c2ccc(NC(=O)OC(C)(C)C)cn2)cn1. The van der Waals surface area contributed by atoms with Crippen LogP contribution in [-0.4, -0.2) is 31.6 Å². The van der Waals surface area contributed by atoms with E-state index in [9.17, 15) is 9.90 Å². The maximum Gasteiger partial charge on any atom is 0.412 e. The van der Waals surface area contributed by atoms with Crippen molar-refractivity contribution in [3.63, 3.8) is 0 Å². The first kappa shape index (κ1) is 18.9. The van der Waals surface area contributed by atoms with Gasteiger partial charge in [0.15, 0.2) is 0 Å². The Hall–Kier alpha value is -2.41. The fourth-order valence-electron chi connectivity index (χ4n) is 2.34. The third-order valence-electron chi connectivity index (χ3n) is 3.84. The predicted octanol–water partition coefficient (Wildman–Crippen LogP) is 3.17. The number of aromatic nitrogens is 3. The van der Waals surface area contributed by atoms with Gasteiger partial charge < -0.3 is 9.84 Å². The van der Waals surface area contributed by atoms with E-state index in [4.69, 9.17) is 4.74 Å². The van der Waals surface area contributed by atoms with Crippen LogP contribution in [0.15, 0.2) is 30.7 Å². The zero-order chi connectivity index (χ0) is 18.8. The first-order valence-corrected chi connectivity index (χ1v) is 8.12. The van der Waals surface area contributed by atoms with Crippen molar-refractivity contribution in [1.29, 1.82) is 0 Å². The van der Waals surface area contributed by atoms with Gasteiger partial charge >= 0.3 is 6.09 Å². The van der Waals surface area contributed by atoms with Crippen LogP contribution < -0.4 is 5.32 Å². The molecule has 0 aliphatic carbocycles. The van der Waals surface area contributed by atoms with Gasteiger partial charge in [-0.3, -0.25) is 15.0 Å². The van der Waals surface area contributed by atoms with Gasteiger partial charge in [0.05, 0.1) is 23.8 Å². The molecule has 1 unspecified atom stereocenters. The Bertz CT molecular complexity index is 730. The number of anilines is 1. The van der Waals surface area contributed by atoms with Crippen LogP contribution >= 0.6 is 0 Å². The van der Waals surface area contributed by atoms with Gasteiger partial charge in [0.2, 0.25) is 0 Å². The van der Waals surface area contributed by atoms with Crippen molar-refractivity contribution in [2.24, 2.45) is 7.05 Å². The van der Waals surface area contributed by atoms with Gasteiger partial charge in [-0.05, 0) is 38.5 Å². The van der Waals surface area contributed by atoms with Crippen molar-refractivity contribution in [3.8, 4) is 0 Å². The van der Waals surface area contributed by atoms with Gasteiger partial charge in [0, 0.05) is 18.7 Å². The van der Waals surface area contributed by atoms with Gasteiger partial charge in [-0.2, -0.15) is 5.10 Å². The third-order valence-corrected chi connectivity index (χ3v) is 3.84. The van der Waals surface area contributed by atoms with Crippen molar-refractivity contribution in [1.82, 2.24) is 14.8 Å². The molecule has 0 aliphatic rings. The molecule has 0 bridgehead atoms. The molecule has 136 valence electrons. The van der Waals surface area contributed by atoms with Crippen LogP contribution in [0, 0.1) is 0 Å². The van der Waals surface area contributed by atoms with Crippen molar-refractivity contribution in [2.75, 3.05) is 5.32 Å². The number of hydrogen-bond acceptors (Lipinski definition) is 5. The topological polar surface area (TPSA) is 89.3 Å². The molecule has 7 nitrogen and oxygen atoms in total. The molecule has 0 fully saturated rings. The third kappa shape index (κ3) is 4.79. The largest absolute Gasteiger partial charge is 0.444 e. The van der Waals surface area contributed by atoms with Crippen molar-refractivity contribution < 1.29 is 14.6 Å². The second kappa shape index (κ2) is 6.84. The molecule has 2 heterocycles. The highest BCUT2D eigenvalue weighted by Crippen LogP contribution is 2.35. The average molecular weight is 346 g/mol. The summed E-state index contributed by atoms with van der Waals surface area (Å²) >= 11 is 0. The maximum absolute atomic E-state index is 11.8. The van der Waals surface area contributed by atoms with E-state index in [0.717, 1.165) is 5.56 Å². The van der Waals surface area contributed by atoms with Crippen LogP contribution in [0.2, 0.25) is 0 Å². The Morgan fingerprint density at radius 3 is 2.40 bits per heavy atom. The highest BCUT2D eigenvalue weighted by molar-refractivity contribution is 5.84. The summed E-state index contributed by atoms with van der Waals surface area (Å²) in [7, 11) is 1.83. The average Bonchev–Trinajstić information content (AvgIpc) is 2.92. The van der Waals surface area contributed by atoms with Crippen LogP contribution in [0.5, 0.6) is 0 Å². The smallest absolute Gasteiger partial charge is 0.412 e. The summed E-state index contributed by atoms with van der Waals surface area (Å²) in [5.41, 5.74) is 0.816. The van der Waals surface area contributed by atoms with Crippen LogP contribution in [-0.2, 0) is 17.2 Å². The molecule has 0 aromatic carbocycles. The minimum Gasteiger partial charge on any atom is -0.444 e. The summed E-state index contributed by atoms with van der Waals surface area (Å²) in [6.45, 7) is 9.26. The Labute approximate surface area is 148 Å². The second-order valence-electron chi connectivity index (χ2n) is 7.63. The molecular formula is C18H26N4O3. The van der Waals surface area contributed by atoms with E-state index >= 15 is 0 Å². The number of nitrogens with one attached hydrogen (secondary N) is 1. The lowest BCUT2D eigenvalue weighted by Crippen LogP contribution is -2.28. The zero-order valence-electron chi connectivity index (χ0n) is 15.6. The molecule has 0 saturated heterocycles. The van der Waals surface area contributed by atoms with Crippen LogP contribution in [0.3, 0.4) is 0 Å². The van der Waals surface area contributed by atoms with Gasteiger partial charge in [-0.25, -0.2) is 4.79 Å². The van der Waals surface area contributed by atoms with E-state index in [1.165, 1.54) is 6.20 Å². The van der Waals surface area contributed by atoms with Crippen LogP contribution in [0.1, 0.15) is 52.0 Å². The summed E-state index contributed by atoms with van der Waals surface area (Å²) in [6, 6.07) is 3.38. The first-order chi connectivity index (χ1) is 11.5. The fraction of sp³-hybridized carbons (Fsp3) is 0.500. The summed E-state index contributed by atoms with van der Waals surface area (Å²) in [5, 5.41) is 17.5. The number of aryl methyl sites for hydroxylation is 1. The number of aliphatic hydroxyl groups excluding tert-OH is 1. The fourth-order valence-corrected chi connectivity index (χ4v) is 2.34. The monoisotopic (exact) mass is 346 g/mol. The molecular weight excluding hydrogens is 320 g/mol. The second-order valence-corrected chi connectivity index (χ2v) is 7.63. The number of carbonyl (C=O) groups is 1. The lowest BCUT2D eigenvalue weighted by atomic mass is 9.79. The van der Waals surface area contributed by atoms with E-state index in [1.807, 2.05) is 27.1 Å². The molecule has 0 saturated carbocycles. The van der Waals surface area contributed by atoms with E-state index in [0.29, 0.717) is 11.4 Å². The number of amides is 1. The number of aliphatic hydroxyl groups is 1. The van der Waals surface area contributed by atoms with Gasteiger partial charge in [0.25, 0.3) is 0 Å². The van der Waals surface area contributed by atoms with Crippen LogP contribution in [0.4, 0.5) is 10.5 Å². The number of nitrogens with zero attached hydrogens (tertiary/aromatic N) is 3. The normalized spacial score (nSPS) is 13.4. The molecule has 2 N–H and O–H groups in total. The minimum absolute atomic E-state index is 0.504. The molecule has 2 aromatic heterocycles. The molecule has 0 aliphatic heterocycles. The Balaban J connectivity index is 2.10. The van der Waals surface area contributed by atoms with Crippen molar-refractivity contribution in [2.45, 2.75) is 51.7 Å². The van der Waals surface area contributed by atoms with E-state index in [1.54, 1.807) is 43.8 Å². The number of pyridine rings is 1. The Morgan fingerprint density at radius 1 is 1.24 bits per heavy atom. The maximum atomic E-state index is 11.8. The minimum atomic E-state index is -0.813. The van der Waals surface area contributed by atoms with Gasteiger partial charge in [-0.1, -0.05) is 13.8 Å². The van der Waals surface area contributed by atoms with Gasteiger partial charge in [0.1, 0.15) is 11.7 Å². The Morgan fingerprint density at radius 2 is 1.92 bits per heavy atom. The quantitative estimate of drug-likeness (QED) is 0.887. The molecule has 25 heavy (non-hydrogen) atoms. The molecule has 1 amide bonds. The summed E-state index contributed by atoms with van der Waals surface area (Å²) in [4.78, 5) is 16.1. The molecule has 0 spiro atoms. The van der Waals surface area contributed by atoms with Gasteiger partial charge in [-0.15, -0.1) is 0 Å². The van der Waals surface area contributed by atoms with E-state index in [2.05, 4.69) is 15.4 Å². The molecule has 1 atom stereocenters. The predicted molar refractivity (Wildman–Crippen MR) is 95.3 cm³/mol. The van der Waals surface area contributed by atoms with E-state index < -0.39 is 23.2 Å². The summed E-state index contributed by atoms with van der Waals surface area (Å²) in [6.07, 6.45) is 3.76. The Kier molecular flexibility index (Phi) is 5.17. The van der Waals surface area contributed by atoms with Crippen molar-refractivity contribution >= 4 is 11.8 Å². The highest BCUT2D eigenvalue weighted by atomic mass is 16.6. The van der Waals surface area contributed by atoms with Crippen molar-refractivity contribution in [3.05, 3.63) is 42.0 Å². The number of hydrogen-bond donors (Lipinski definition) is 2. The lowest BCUT2D eigenvalue weighted by Gasteiger charge is -2.29.